The van der Waals surface area contributed by atoms with Crippen LogP contribution in [0.4, 0.5) is 0 Å². The standard InChI is InChI=1S/C19H21NO2S/c1-4-5-16-8-11-19-17(13-16)12-15(3)20(19)23(21,22)18-9-6-14(2)7-10-18/h6-13H,4-5H2,1-3H3. The number of nitrogens with zero attached hydrogens (tertiary/aromatic N) is 1. The van der Waals surface area contributed by atoms with E-state index in [-0.39, 0.29) is 0 Å². The number of rotatable bonds is 4. The Morgan fingerprint density at radius 1 is 0.957 bits per heavy atom. The van der Waals surface area contributed by atoms with Crippen LogP contribution in [0.1, 0.15) is 30.2 Å². The number of aromatic nitrogens is 1. The van der Waals surface area contributed by atoms with Crippen molar-refractivity contribution in [2.75, 3.05) is 0 Å². The molecule has 23 heavy (non-hydrogen) atoms. The minimum atomic E-state index is -3.58. The van der Waals surface area contributed by atoms with E-state index in [2.05, 4.69) is 13.0 Å². The molecule has 0 bridgehead atoms. The van der Waals surface area contributed by atoms with Gasteiger partial charge in [-0.3, -0.25) is 0 Å². The SMILES string of the molecule is CCCc1ccc2c(c1)cc(C)n2S(=O)(=O)c1ccc(C)cc1. The maximum absolute atomic E-state index is 13.0. The largest absolute Gasteiger partial charge is 0.268 e. The normalized spacial score (nSPS) is 12.0. The number of fused-ring (bicyclic) bond motifs is 1. The summed E-state index contributed by atoms with van der Waals surface area (Å²) in [6.07, 6.45) is 2.08. The van der Waals surface area contributed by atoms with Gasteiger partial charge >= 0.3 is 0 Å². The van der Waals surface area contributed by atoms with Crippen molar-refractivity contribution in [1.82, 2.24) is 3.97 Å². The lowest BCUT2D eigenvalue weighted by atomic mass is 10.1. The third kappa shape index (κ3) is 2.79. The van der Waals surface area contributed by atoms with Gasteiger partial charge in [0.05, 0.1) is 10.4 Å². The van der Waals surface area contributed by atoms with Crippen molar-refractivity contribution >= 4 is 20.9 Å². The molecule has 0 amide bonds. The highest BCUT2D eigenvalue weighted by Crippen LogP contribution is 2.26. The lowest BCUT2D eigenvalue weighted by molar-refractivity contribution is 0.588. The average molecular weight is 327 g/mol. The summed E-state index contributed by atoms with van der Waals surface area (Å²) in [5, 5.41) is 0.976. The Morgan fingerprint density at radius 3 is 2.30 bits per heavy atom. The van der Waals surface area contributed by atoms with Crippen LogP contribution in [0.5, 0.6) is 0 Å². The molecule has 2 aromatic carbocycles. The molecule has 0 fully saturated rings. The molecule has 0 spiro atoms. The fraction of sp³-hybridized carbons (Fsp3) is 0.263. The zero-order valence-corrected chi connectivity index (χ0v) is 14.5. The smallest absolute Gasteiger partial charge is 0.238 e. The van der Waals surface area contributed by atoms with Crippen LogP contribution in [0, 0.1) is 13.8 Å². The topological polar surface area (TPSA) is 39.1 Å². The van der Waals surface area contributed by atoms with Crippen LogP contribution in [-0.2, 0) is 16.4 Å². The van der Waals surface area contributed by atoms with E-state index in [1.165, 1.54) is 9.54 Å². The molecule has 0 radical (unpaired) electrons. The molecule has 3 aromatic rings. The van der Waals surface area contributed by atoms with Crippen molar-refractivity contribution in [3.63, 3.8) is 0 Å². The maximum atomic E-state index is 13.0. The first-order chi connectivity index (χ1) is 10.9. The lowest BCUT2D eigenvalue weighted by Crippen LogP contribution is -2.14. The predicted octanol–water partition coefficient (Wildman–Crippen LogP) is 4.45. The van der Waals surface area contributed by atoms with Crippen molar-refractivity contribution in [3.8, 4) is 0 Å². The van der Waals surface area contributed by atoms with E-state index >= 15 is 0 Å². The summed E-state index contributed by atoms with van der Waals surface area (Å²) in [5.74, 6) is 0. The first kappa shape index (κ1) is 15.8. The third-order valence-electron chi connectivity index (χ3n) is 4.09. The molecule has 0 aliphatic heterocycles. The van der Waals surface area contributed by atoms with Crippen LogP contribution in [0.15, 0.2) is 53.4 Å². The molecule has 3 nitrogen and oxygen atoms in total. The van der Waals surface area contributed by atoms with E-state index in [4.69, 9.17) is 0 Å². The van der Waals surface area contributed by atoms with Crippen LogP contribution in [-0.4, -0.2) is 12.4 Å². The molecule has 0 N–H and O–H groups in total. The molecular weight excluding hydrogens is 306 g/mol. The van der Waals surface area contributed by atoms with Crippen molar-refractivity contribution < 1.29 is 8.42 Å². The molecule has 0 saturated heterocycles. The Balaban J connectivity index is 2.19. The number of hydrogen-bond donors (Lipinski definition) is 0. The number of aryl methyl sites for hydroxylation is 3. The predicted molar refractivity (Wildman–Crippen MR) is 94.4 cm³/mol. The van der Waals surface area contributed by atoms with Gasteiger partial charge in [0.25, 0.3) is 10.0 Å². The van der Waals surface area contributed by atoms with Gasteiger partial charge in [-0.15, -0.1) is 0 Å². The van der Waals surface area contributed by atoms with Crippen LogP contribution in [0.25, 0.3) is 10.9 Å². The summed E-state index contributed by atoms with van der Waals surface area (Å²) >= 11 is 0. The van der Waals surface area contributed by atoms with E-state index < -0.39 is 10.0 Å². The second-order valence-electron chi connectivity index (χ2n) is 6.01. The molecule has 1 aromatic heterocycles. The molecule has 3 rings (SSSR count). The zero-order chi connectivity index (χ0) is 16.6. The second-order valence-corrected chi connectivity index (χ2v) is 7.80. The summed E-state index contributed by atoms with van der Waals surface area (Å²) < 4.78 is 27.5. The fourth-order valence-electron chi connectivity index (χ4n) is 2.96. The van der Waals surface area contributed by atoms with Crippen LogP contribution in [0.2, 0.25) is 0 Å². The summed E-state index contributed by atoms with van der Waals surface area (Å²) in [5.41, 5.74) is 3.75. The lowest BCUT2D eigenvalue weighted by Gasteiger charge is -2.10. The van der Waals surface area contributed by atoms with Gasteiger partial charge in [-0.1, -0.05) is 37.1 Å². The van der Waals surface area contributed by atoms with Crippen molar-refractivity contribution in [2.24, 2.45) is 0 Å². The molecule has 0 saturated carbocycles. The Kier molecular flexibility index (Phi) is 4.02. The molecule has 0 atom stereocenters. The second kappa shape index (κ2) is 5.85. The highest BCUT2D eigenvalue weighted by Gasteiger charge is 2.21. The maximum Gasteiger partial charge on any atom is 0.268 e. The first-order valence-corrected chi connectivity index (χ1v) is 9.30. The van der Waals surface area contributed by atoms with Gasteiger partial charge in [0.1, 0.15) is 0 Å². The van der Waals surface area contributed by atoms with Gasteiger partial charge in [-0.25, -0.2) is 12.4 Å². The first-order valence-electron chi connectivity index (χ1n) is 7.86. The molecule has 1 heterocycles. The van der Waals surface area contributed by atoms with E-state index in [1.807, 2.05) is 44.2 Å². The van der Waals surface area contributed by atoms with Crippen molar-refractivity contribution in [1.29, 1.82) is 0 Å². The highest BCUT2D eigenvalue weighted by atomic mass is 32.2. The summed E-state index contributed by atoms with van der Waals surface area (Å²) in [6, 6.07) is 15.0. The average Bonchev–Trinajstić information content (AvgIpc) is 2.83. The van der Waals surface area contributed by atoms with Crippen LogP contribution < -0.4 is 0 Å². The van der Waals surface area contributed by atoms with Crippen molar-refractivity contribution in [2.45, 2.75) is 38.5 Å². The summed E-state index contributed by atoms with van der Waals surface area (Å²) in [6.45, 7) is 5.93. The minimum absolute atomic E-state index is 0.321. The van der Waals surface area contributed by atoms with E-state index in [0.29, 0.717) is 4.90 Å². The summed E-state index contributed by atoms with van der Waals surface area (Å²) in [4.78, 5) is 0.321. The zero-order valence-electron chi connectivity index (χ0n) is 13.7. The van der Waals surface area contributed by atoms with Gasteiger partial charge in [-0.05, 0) is 56.2 Å². The molecule has 0 unspecified atom stereocenters. The van der Waals surface area contributed by atoms with Gasteiger partial charge in [-0.2, -0.15) is 0 Å². The molecular formula is C19H21NO2S. The van der Waals surface area contributed by atoms with E-state index in [1.54, 1.807) is 12.1 Å². The number of benzene rings is 2. The monoisotopic (exact) mass is 327 g/mol. The van der Waals surface area contributed by atoms with Gasteiger partial charge in [0, 0.05) is 11.1 Å². The molecule has 0 aliphatic rings. The highest BCUT2D eigenvalue weighted by molar-refractivity contribution is 7.90. The Bertz CT molecular complexity index is 951. The van der Waals surface area contributed by atoms with Gasteiger partial charge < -0.3 is 0 Å². The van der Waals surface area contributed by atoms with E-state index in [9.17, 15) is 8.42 Å². The number of hydrogen-bond acceptors (Lipinski definition) is 2. The molecule has 4 heteroatoms. The van der Waals surface area contributed by atoms with E-state index in [0.717, 1.165) is 35.0 Å². The van der Waals surface area contributed by atoms with Gasteiger partial charge in [0.15, 0.2) is 0 Å². The Hall–Kier alpha value is -2.07. The quantitative estimate of drug-likeness (QED) is 0.710. The third-order valence-corrected chi connectivity index (χ3v) is 5.93. The van der Waals surface area contributed by atoms with Gasteiger partial charge in [0.2, 0.25) is 0 Å². The Labute approximate surface area is 137 Å². The fourth-order valence-corrected chi connectivity index (χ4v) is 4.50. The Morgan fingerprint density at radius 2 is 1.65 bits per heavy atom. The molecule has 120 valence electrons. The van der Waals surface area contributed by atoms with Crippen molar-refractivity contribution in [3.05, 3.63) is 65.4 Å². The minimum Gasteiger partial charge on any atom is -0.238 e. The molecule has 0 aliphatic carbocycles. The summed E-state index contributed by atoms with van der Waals surface area (Å²) in [7, 11) is -3.58. The van der Waals surface area contributed by atoms with Crippen LogP contribution in [0.3, 0.4) is 0 Å². The van der Waals surface area contributed by atoms with Crippen LogP contribution >= 0.6 is 0 Å².